The predicted octanol–water partition coefficient (Wildman–Crippen LogP) is 4.09. The monoisotopic (exact) mass is 391 g/mol. The number of amides is 1. The number of para-hydroxylation sites is 1. The van der Waals surface area contributed by atoms with Crippen LogP contribution in [0.5, 0.6) is 0 Å². The van der Waals surface area contributed by atoms with E-state index < -0.39 is 0 Å². The van der Waals surface area contributed by atoms with E-state index in [4.69, 9.17) is 0 Å². The molecule has 0 spiro atoms. The van der Waals surface area contributed by atoms with E-state index in [0.29, 0.717) is 29.7 Å². The number of hydrogen-bond donors (Lipinski definition) is 0. The van der Waals surface area contributed by atoms with Crippen LogP contribution >= 0.6 is 11.8 Å². The van der Waals surface area contributed by atoms with Crippen molar-refractivity contribution in [2.45, 2.75) is 17.7 Å². The Morgan fingerprint density at radius 3 is 2.68 bits per heavy atom. The molecule has 4 rings (SSSR count). The topological polar surface area (TPSA) is 63.2 Å². The second-order valence-electron chi connectivity index (χ2n) is 6.88. The van der Waals surface area contributed by atoms with Crippen LogP contribution in [0, 0.1) is 5.92 Å². The van der Waals surface area contributed by atoms with E-state index in [-0.39, 0.29) is 17.6 Å². The van der Waals surface area contributed by atoms with Crippen LogP contribution in [0.25, 0.3) is 11.0 Å². The van der Waals surface area contributed by atoms with Crippen LogP contribution in [-0.4, -0.2) is 45.9 Å². The smallest absolute Gasteiger partial charge is 0.256 e. The standard InChI is InChI=1S/C22H21N3O2S/c1-28-19-10-3-2-7-16(19)21(26)15-6-5-13-25(14-15)22(27)17-8-4-9-18-20(17)24-12-11-23-18/h2-4,7-12,15H,5-6,13-14H2,1H3/t15-/m0/s1. The first-order valence-corrected chi connectivity index (χ1v) is 10.6. The summed E-state index contributed by atoms with van der Waals surface area (Å²) < 4.78 is 0. The van der Waals surface area contributed by atoms with Crippen molar-refractivity contribution in [2.75, 3.05) is 19.3 Å². The van der Waals surface area contributed by atoms with Gasteiger partial charge in [0.15, 0.2) is 5.78 Å². The summed E-state index contributed by atoms with van der Waals surface area (Å²) in [5.74, 6) is -0.131. The quantitative estimate of drug-likeness (QED) is 0.495. The molecular formula is C22H21N3O2S. The predicted molar refractivity (Wildman–Crippen MR) is 111 cm³/mol. The summed E-state index contributed by atoms with van der Waals surface area (Å²) in [7, 11) is 0. The normalized spacial score (nSPS) is 16.9. The van der Waals surface area contributed by atoms with Gasteiger partial charge >= 0.3 is 0 Å². The number of ketones is 1. The van der Waals surface area contributed by atoms with Crippen molar-refractivity contribution in [1.82, 2.24) is 14.9 Å². The number of carbonyl (C=O) groups is 2. The number of Topliss-reactive ketones (excluding diaryl/α,β-unsaturated/α-hetero) is 1. The van der Waals surface area contributed by atoms with Gasteiger partial charge in [-0.15, -0.1) is 11.8 Å². The van der Waals surface area contributed by atoms with E-state index in [1.54, 1.807) is 35.1 Å². The number of carbonyl (C=O) groups excluding carboxylic acids is 2. The average Bonchev–Trinajstić information content (AvgIpc) is 2.77. The summed E-state index contributed by atoms with van der Waals surface area (Å²) in [5, 5.41) is 0. The fourth-order valence-corrected chi connectivity index (χ4v) is 4.38. The van der Waals surface area contributed by atoms with Gasteiger partial charge < -0.3 is 4.90 Å². The molecule has 1 saturated heterocycles. The third kappa shape index (κ3) is 3.52. The van der Waals surface area contributed by atoms with E-state index >= 15 is 0 Å². The molecule has 0 saturated carbocycles. The number of nitrogens with zero attached hydrogens (tertiary/aromatic N) is 3. The zero-order chi connectivity index (χ0) is 19.5. The molecule has 2 heterocycles. The van der Waals surface area contributed by atoms with Crippen molar-refractivity contribution < 1.29 is 9.59 Å². The van der Waals surface area contributed by atoms with Gasteiger partial charge in [-0.3, -0.25) is 19.6 Å². The lowest BCUT2D eigenvalue weighted by Crippen LogP contribution is -2.42. The summed E-state index contributed by atoms with van der Waals surface area (Å²) in [4.78, 5) is 37.7. The fourth-order valence-electron chi connectivity index (χ4n) is 3.78. The zero-order valence-electron chi connectivity index (χ0n) is 15.7. The highest BCUT2D eigenvalue weighted by Crippen LogP contribution is 2.28. The highest BCUT2D eigenvalue weighted by molar-refractivity contribution is 7.98. The van der Waals surface area contributed by atoms with Crippen LogP contribution in [0.3, 0.4) is 0 Å². The fraction of sp³-hybridized carbons (Fsp3) is 0.273. The lowest BCUT2D eigenvalue weighted by molar-refractivity contribution is 0.0637. The largest absolute Gasteiger partial charge is 0.338 e. The maximum Gasteiger partial charge on any atom is 0.256 e. The number of piperidine rings is 1. The van der Waals surface area contributed by atoms with Crippen molar-refractivity contribution in [1.29, 1.82) is 0 Å². The maximum atomic E-state index is 13.2. The molecule has 1 aromatic heterocycles. The van der Waals surface area contributed by atoms with Crippen LogP contribution in [0.15, 0.2) is 59.8 Å². The van der Waals surface area contributed by atoms with Crippen LogP contribution in [0.1, 0.15) is 33.6 Å². The van der Waals surface area contributed by atoms with E-state index in [1.165, 1.54) is 0 Å². The summed E-state index contributed by atoms with van der Waals surface area (Å²) in [6.45, 7) is 1.10. The maximum absolute atomic E-state index is 13.2. The second-order valence-corrected chi connectivity index (χ2v) is 7.73. The molecule has 0 bridgehead atoms. The number of aromatic nitrogens is 2. The van der Waals surface area contributed by atoms with Gasteiger partial charge in [0.25, 0.3) is 5.91 Å². The minimum atomic E-state index is -0.174. The molecule has 1 amide bonds. The molecule has 0 radical (unpaired) electrons. The molecule has 1 atom stereocenters. The summed E-state index contributed by atoms with van der Waals surface area (Å²) in [5.41, 5.74) is 2.61. The summed E-state index contributed by atoms with van der Waals surface area (Å²) >= 11 is 1.58. The van der Waals surface area contributed by atoms with E-state index in [1.807, 2.05) is 42.7 Å². The third-order valence-corrected chi connectivity index (χ3v) is 5.98. The second kappa shape index (κ2) is 8.10. The molecule has 1 aliphatic heterocycles. The average molecular weight is 391 g/mol. The summed E-state index contributed by atoms with van der Waals surface area (Å²) in [6.07, 6.45) is 6.82. The van der Waals surface area contributed by atoms with Crippen molar-refractivity contribution in [3.05, 3.63) is 66.0 Å². The summed E-state index contributed by atoms with van der Waals surface area (Å²) in [6, 6.07) is 13.2. The molecule has 0 N–H and O–H groups in total. The number of fused-ring (bicyclic) bond motifs is 1. The third-order valence-electron chi connectivity index (χ3n) is 5.18. The molecule has 0 aliphatic carbocycles. The zero-order valence-corrected chi connectivity index (χ0v) is 16.5. The van der Waals surface area contributed by atoms with E-state index in [2.05, 4.69) is 9.97 Å². The Balaban J connectivity index is 1.58. The van der Waals surface area contributed by atoms with Gasteiger partial charge in [-0.05, 0) is 37.3 Å². The van der Waals surface area contributed by atoms with Crippen molar-refractivity contribution >= 4 is 34.5 Å². The number of hydrogen-bond acceptors (Lipinski definition) is 5. The minimum absolute atomic E-state index is 0.0817. The van der Waals surface area contributed by atoms with Crippen molar-refractivity contribution in [2.24, 2.45) is 5.92 Å². The van der Waals surface area contributed by atoms with Gasteiger partial charge in [-0.1, -0.05) is 24.3 Å². The SMILES string of the molecule is CSc1ccccc1C(=O)[C@H]1CCCN(C(=O)c2cccc3nccnc23)C1. The van der Waals surface area contributed by atoms with Crippen molar-refractivity contribution in [3.8, 4) is 0 Å². The van der Waals surface area contributed by atoms with Gasteiger partial charge in [0.1, 0.15) is 5.52 Å². The van der Waals surface area contributed by atoms with E-state index in [0.717, 1.165) is 23.3 Å². The Bertz CT molecular complexity index is 1030. The Morgan fingerprint density at radius 2 is 1.82 bits per heavy atom. The first-order chi connectivity index (χ1) is 13.7. The Kier molecular flexibility index (Phi) is 5.39. The molecular weight excluding hydrogens is 370 g/mol. The highest BCUT2D eigenvalue weighted by atomic mass is 32.2. The van der Waals surface area contributed by atoms with Crippen LogP contribution in [0.4, 0.5) is 0 Å². The molecule has 0 unspecified atom stereocenters. The van der Waals surface area contributed by atoms with Crippen LogP contribution in [-0.2, 0) is 0 Å². The molecule has 1 aliphatic rings. The Labute approximate surface area is 168 Å². The number of benzene rings is 2. The molecule has 3 aromatic rings. The Hall–Kier alpha value is -2.73. The molecule has 6 heteroatoms. The lowest BCUT2D eigenvalue weighted by Gasteiger charge is -2.32. The minimum Gasteiger partial charge on any atom is -0.338 e. The molecule has 5 nitrogen and oxygen atoms in total. The molecule has 28 heavy (non-hydrogen) atoms. The number of likely N-dealkylation sites (tertiary alicyclic amines) is 1. The molecule has 2 aromatic carbocycles. The van der Waals surface area contributed by atoms with Gasteiger partial charge in [0.05, 0.1) is 11.1 Å². The number of rotatable bonds is 4. The van der Waals surface area contributed by atoms with Crippen LogP contribution in [0.2, 0.25) is 0 Å². The first kappa shape index (κ1) is 18.6. The van der Waals surface area contributed by atoms with Gasteiger partial charge in [0.2, 0.25) is 0 Å². The van der Waals surface area contributed by atoms with Gasteiger partial charge in [0, 0.05) is 41.9 Å². The van der Waals surface area contributed by atoms with E-state index in [9.17, 15) is 9.59 Å². The highest BCUT2D eigenvalue weighted by Gasteiger charge is 2.31. The molecule has 1 fully saturated rings. The lowest BCUT2D eigenvalue weighted by atomic mass is 9.89. The van der Waals surface area contributed by atoms with Crippen LogP contribution < -0.4 is 0 Å². The van der Waals surface area contributed by atoms with Crippen molar-refractivity contribution in [3.63, 3.8) is 0 Å². The first-order valence-electron chi connectivity index (χ1n) is 9.35. The van der Waals surface area contributed by atoms with Gasteiger partial charge in [-0.25, -0.2) is 0 Å². The Morgan fingerprint density at radius 1 is 1.04 bits per heavy atom. The molecule has 142 valence electrons. The van der Waals surface area contributed by atoms with Gasteiger partial charge in [-0.2, -0.15) is 0 Å². The number of thioether (sulfide) groups is 1.